The number of primary amides is 1. The van der Waals surface area contributed by atoms with Gasteiger partial charge in [-0.15, -0.1) is 34.0 Å². The number of amides is 1. The van der Waals surface area contributed by atoms with Crippen LogP contribution in [0.5, 0.6) is 0 Å². The first kappa shape index (κ1) is 14.2. The second kappa shape index (κ2) is 6.20. The Morgan fingerprint density at radius 1 is 1.25 bits per heavy atom. The van der Waals surface area contributed by atoms with Crippen LogP contribution in [0.25, 0.3) is 0 Å². The number of rotatable bonds is 1. The van der Waals surface area contributed by atoms with Gasteiger partial charge in [0.2, 0.25) is 5.91 Å². The van der Waals surface area contributed by atoms with Crippen molar-refractivity contribution in [1.29, 1.82) is 0 Å². The number of benzene rings is 1. The summed E-state index contributed by atoms with van der Waals surface area (Å²) < 4.78 is 0. The van der Waals surface area contributed by atoms with E-state index in [2.05, 4.69) is 0 Å². The molecule has 12 heavy (non-hydrogen) atoms. The third-order valence-corrected chi connectivity index (χ3v) is 1.41. The van der Waals surface area contributed by atoms with Gasteiger partial charge in [0, 0.05) is 5.56 Å². The Kier molecular flexibility index (Phi) is 7.33. The zero-order chi connectivity index (χ0) is 7.56. The van der Waals surface area contributed by atoms with E-state index in [1.165, 1.54) is 0 Å². The van der Waals surface area contributed by atoms with E-state index in [-0.39, 0.29) is 39.9 Å². The molecule has 1 aromatic rings. The fourth-order valence-corrected chi connectivity index (χ4v) is 0.849. The van der Waals surface area contributed by atoms with Crippen molar-refractivity contribution in [3.05, 3.63) is 35.4 Å². The van der Waals surface area contributed by atoms with E-state index < -0.39 is 0 Å². The molecule has 4 heteroatoms. The summed E-state index contributed by atoms with van der Waals surface area (Å²) in [5.74, 6) is -0.363. The van der Waals surface area contributed by atoms with Crippen molar-refractivity contribution < 1.29 is 4.79 Å². The van der Waals surface area contributed by atoms with E-state index in [1.54, 1.807) is 12.1 Å². The quantitative estimate of drug-likeness (QED) is 0.849. The Hall–Kier alpha value is -0.350. The van der Waals surface area contributed by atoms with Crippen LogP contribution in [-0.2, 0) is 0 Å². The van der Waals surface area contributed by atoms with Gasteiger partial charge in [-0.05, 0) is 18.6 Å². The van der Waals surface area contributed by atoms with Crippen molar-refractivity contribution >= 4 is 39.9 Å². The Labute approximate surface area is 92.7 Å². The molecule has 0 aliphatic heterocycles. The maximum absolute atomic E-state index is 10.6. The molecule has 0 bridgehead atoms. The van der Waals surface area contributed by atoms with E-state index in [1.807, 2.05) is 19.1 Å². The van der Waals surface area contributed by atoms with Crippen LogP contribution in [0.3, 0.4) is 0 Å². The van der Waals surface area contributed by atoms with Crippen LogP contribution < -0.4 is 5.73 Å². The van der Waals surface area contributed by atoms with E-state index in [9.17, 15) is 4.79 Å². The average Bonchev–Trinajstić information content (AvgIpc) is 1.88. The molecule has 0 unspecified atom stereocenters. The lowest BCUT2D eigenvalue weighted by Gasteiger charge is -1.97. The van der Waals surface area contributed by atoms with Gasteiger partial charge in [0.25, 0.3) is 0 Å². The molecule has 68 valence electrons. The topological polar surface area (TPSA) is 43.1 Å². The second-order valence-electron chi connectivity index (χ2n) is 2.18. The molecule has 1 rings (SSSR count). The van der Waals surface area contributed by atoms with Crippen molar-refractivity contribution in [1.82, 2.24) is 0 Å². The summed E-state index contributed by atoms with van der Waals surface area (Å²) in [5.41, 5.74) is 6.60. The van der Waals surface area contributed by atoms with E-state index in [4.69, 9.17) is 5.73 Å². The number of hydrogen-bond donors (Lipinski definition) is 1. The van der Waals surface area contributed by atoms with Crippen LogP contribution in [0, 0.1) is 6.92 Å². The Morgan fingerprint density at radius 3 is 2.08 bits per heavy atom. The predicted molar refractivity (Wildman–Crippen MR) is 60.3 cm³/mol. The first-order chi connectivity index (χ1) is 4.72. The first-order valence-electron chi connectivity index (χ1n) is 3.07. The lowest BCUT2D eigenvalue weighted by Crippen LogP contribution is -2.12. The van der Waals surface area contributed by atoms with Crippen molar-refractivity contribution in [3.63, 3.8) is 0 Å². The average molecular weight is 297 g/mol. The Bertz CT molecular complexity index is 263. The second-order valence-corrected chi connectivity index (χ2v) is 2.18. The fraction of sp³-hybridized carbons (Fsp3) is 0.125. The van der Waals surface area contributed by atoms with E-state index >= 15 is 0 Å². The predicted octanol–water partition coefficient (Wildman–Crippen LogP) is 2.25. The number of halogens is 2. The third kappa shape index (κ3) is 3.36. The summed E-state index contributed by atoms with van der Waals surface area (Å²) in [4.78, 5) is 10.6. The summed E-state index contributed by atoms with van der Waals surface area (Å²) in [6, 6.07) is 7.26. The number of hydrogen-bond acceptors (Lipinski definition) is 1. The molecule has 0 atom stereocenters. The number of nitrogens with two attached hydrogens (primary N) is 1. The van der Waals surface area contributed by atoms with Gasteiger partial charge in [0.15, 0.2) is 0 Å². The molecule has 2 nitrogen and oxygen atoms in total. The SMILES string of the molecule is Br.Br.Cc1ccccc1C(N)=O. The number of carbonyl (C=O) groups excluding carboxylic acids is 1. The molecular formula is C8H11Br2NO. The molecule has 0 fully saturated rings. The molecule has 0 heterocycles. The monoisotopic (exact) mass is 295 g/mol. The minimum absolute atomic E-state index is 0. The molecule has 1 aromatic carbocycles. The lowest BCUT2D eigenvalue weighted by atomic mass is 10.1. The van der Waals surface area contributed by atoms with Crippen molar-refractivity contribution in [2.75, 3.05) is 0 Å². The minimum atomic E-state index is -0.363. The highest BCUT2D eigenvalue weighted by Gasteiger charge is 2.00. The third-order valence-electron chi connectivity index (χ3n) is 1.41. The van der Waals surface area contributed by atoms with Gasteiger partial charge in [-0.2, -0.15) is 0 Å². The van der Waals surface area contributed by atoms with Gasteiger partial charge in [0.05, 0.1) is 0 Å². The zero-order valence-electron chi connectivity index (χ0n) is 6.61. The Balaban J connectivity index is 0. The van der Waals surface area contributed by atoms with Gasteiger partial charge < -0.3 is 5.73 Å². The van der Waals surface area contributed by atoms with Crippen LogP contribution in [-0.4, -0.2) is 5.91 Å². The van der Waals surface area contributed by atoms with Crippen molar-refractivity contribution in [2.45, 2.75) is 6.92 Å². The number of carbonyl (C=O) groups is 1. The smallest absolute Gasteiger partial charge is 0.248 e. The molecule has 0 spiro atoms. The van der Waals surface area contributed by atoms with Gasteiger partial charge in [-0.25, -0.2) is 0 Å². The summed E-state index contributed by atoms with van der Waals surface area (Å²) in [6.45, 7) is 1.86. The largest absolute Gasteiger partial charge is 0.366 e. The molecule has 0 saturated heterocycles. The summed E-state index contributed by atoms with van der Waals surface area (Å²) in [7, 11) is 0. The molecule has 1 amide bonds. The highest BCUT2D eigenvalue weighted by Crippen LogP contribution is 2.04. The van der Waals surface area contributed by atoms with Crippen LogP contribution in [0.15, 0.2) is 24.3 Å². The molecule has 0 radical (unpaired) electrons. The van der Waals surface area contributed by atoms with Crippen molar-refractivity contribution in [3.8, 4) is 0 Å². The van der Waals surface area contributed by atoms with Crippen LogP contribution in [0.4, 0.5) is 0 Å². The van der Waals surface area contributed by atoms with E-state index in [0.717, 1.165) is 5.56 Å². The maximum atomic E-state index is 10.6. The number of aryl methyl sites for hydroxylation is 1. The van der Waals surface area contributed by atoms with Gasteiger partial charge >= 0.3 is 0 Å². The first-order valence-corrected chi connectivity index (χ1v) is 3.07. The molecule has 0 saturated carbocycles. The normalized spacial score (nSPS) is 7.75. The van der Waals surface area contributed by atoms with E-state index in [0.29, 0.717) is 5.56 Å². The summed E-state index contributed by atoms with van der Waals surface area (Å²) in [6.07, 6.45) is 0. The van der Waals surface area contributed by atoms with Gasteiger partial charge in [0.1, 0.15) is 0 Å². The molecule has 0 aliphatic rings. The zero-order valence-corrected chi connectivity index (χ0v) is 10.0. The van der Waals surface area contributed by atoms with Crippen molar-refractivity contribution in [2.24, 2.45) is 5.73 Å². The molecular weight excluding hydrogens is 286 g/mol. The highest BCUT2D eigenvalue weighted by atomic mass is 79.9. The highest BCUT2D eigenvalue weighted by molar-refractivity contribution is 8.93. The molecule has 2 N–H and O–H groups in total. The van der Waals surface area contributed by atoms with Crippen LogP contribution in [0.2, 0.25) is 0 Å². The van der Waals surface area contributed by atoms with Gasteiger partial charge in [-0.3, -0.25) is 4.79 Å². The molecule has 0 aliphatic carbocycles. The lowest BCUT2D eigenvalue weighted by molar-refractivity contribution is 0.0999. The maximum Gasteiger partial charge on any atom is 0.248 e. The molecule has 0 aromatic heterocycles. The summed E-state index contributed by atoms with van der Waals surface area (Å²) in [5, 5.41) is 0. The van der Waals surface area contributed by atoms with Crippen LogP contribution in [0.1, 0.15) is 15.9 Å². The van der Waals surface area contributed by atoms with Gasteiger partial charge in [-0.1, -0.05) is 18.2 Å². The minimum Gasteiger partial charge on any atom is -0.366 e. The summed E-state index contributed by atoms with van der Waals surface area (Å²) >= 11 is 0. The Morgan fingerprint density at radius 2 is 1.75 bits per heavy atom. The fourth-order valence-electron chi connectivity index (χ4n) is 0.849. The standard InChI is InChI=1S/C8H9NO.2BrH/c1-6-4-2-3-5-7(6)8(9)10;;/h2-5H,1H3,(H2,9,10);2*1H. The van der Waals surface area contributed by atoms with Crippen LogP contribution >= 0.6 is 34.0 Å².